The van der Waals surface area contributed by atoms with E-state index < -0.39 is 0 Å². The predicted molar refractivity (Wildman–Crippen MR) is 77.5 cm³/mol. The Morgan fingerprint density at radius 2 is 1.68 bits per heavy atom. The first-order chi connectivity index (χ1) is 9.10. The molecule has 0 saturated heterocycles. The second-order valence-electron chi connectivity index (χ2n) is 4.06. The number of ether oxygens (including phenoxy) is 1. The van der Waals surface area contributed by atoms with E-state index in [4.69, 9.17) is 27.9 Å². The summed E-state index contributed by atoms with van der Waals surface area (Å²) >= 11 is 11.7. The second-order valence-corrected chi connectivity index (χ2v) is 4.94. The van der Waals surface area contributed by atoms with Gasteiger partial charge in [0.1, 0.15) is 5.75 Å². The predicted octanol–water partition coefficient (Wildman–Crippen LogP) is 4.43. The highest BCUT2D eigenvalue weighted by atomic mass is 35.5. The summed E-state index contributed by atoms with van der Waals surface area (Å²) < 4.78 is 5.22. The summed E-state index contributed by atoms with van der Waals surface area (Å²) in [7, 11) is 1.57. The van der Waals surface area contributed by atoms with Gasteiger partial charge in [0.05, 0.1) is 7.11 Å². The van der Waals surface area contributed by atoms with Crippen molar-refractivity contribution in [3.63, 3.8) is 0 Å². The number of methoxy groups -OCH3 is 1. The molecule has 2 aromatic rings. The van der Waals surface area contributed by atoms with Crippen LogP contribution in [0.25, 0.3) is 0 Å². The first kappa shape index (κ1) is 13.9. The van der Waals surface area contributed by atoms with Crippen LogP contribution in [0, 0.1) is 0 Å². The van der Waals surface area contributed by atoms with Gasteiger partial charge in [0.25, 0.3) is 0 Å². The molecule has 0 fully saturated rings. The SMILES string of the molecule is COc1ccc(Cl)cc1CC(=O)c1ccc(Cl)cc1. The Hall–Kier alpha value is -1.51. The zero-order chi connectivity index (χ0) is 13.8. The number of hydrogen-bond donors (Lipinski definition) is 0. The third-order valence-corrected chi connectivity index (χ3v) is 3.25. The van der Waals surface area contributed by atoms with E-state index in [-0.39, 0.29) is 12.2 Å². The maximum Gasteiger partial charge on any atom is 0.167 e. The van der Waals surface area contributed by atoms with Gasteiger partial charge in [0.2, 0.25) is 0 Å². The molecule has 0 amide bonds. The molecule has 2 nitrogen and oxygen atoms in total. The zero-order valence-electron chi connectivity index (χ0n) is 10.3. The molecular formula is C15H12Cl2O2. The summed E-state index contributed by atoms with van der Waals surface area (Å²) in [6.07, 6.45) is 0.241. The monoisotopic (exact) mass is 294 g/mol. The van der Waals surface area contributed by atoms with Crippen molar-refractivity contribution in [1.82, 2.24) is 0 Å². The molecule has 0 aliphatic heterocycles. The smallest absolute Gasteiger partial charge is 0.167 e. The Bertz CT molecular complexity index is 592. The topological polar surface area (TPSA) is 26.3 Å². The van der Waals surface area contributed by atoms with Crippen molar-refractivity contribution in [2.45, 2.75) is 6.42 Å². The number of hydrogen-bond acceptors (Lipinski definition) is 2. The van der Waals surface area contributed by atoms with Crippen LogP contribution in [0.1, 0.15) is 15.9 Å². The van der Waals surface area contributed by atoms with E-state index in [1.165, 1.54) is 0 Å². The van der Waals surface area contributed by atoms with Crippen molar-refractivity contribution in [3.8, 4) is 5.75 Å². The number of benzene rings is 2. The summed E-state index contributed by atoms with van der Waals surface area (Å²) in [4.78, 5) is 12.2. The average molecular weight is 295 g/mol. The normalized spacial score (nSPS) is 10.3. The van der Waals surface area contributed by atoms with Gasteiger partial charge in [-0.3, -0.25) is 4.79 Å². The van der Waals surface area contributed by atoms with Gasteiger partial charge < -0.3 is 4.74 Å². The van der Waals surface area contributed by atoms with Gasteiger partial charge in [-0.15, -0.1) is 0 Å². The first-order valence-electron chi connectivity index (χ1n) is 5.71. The third kappa shape index (κ3) is 3.49. The summed E-state index contributed by atoms with van der Waals surface area (Å²) in [5.74, 6) is 0.656. The minimum atomic E-state index is -0.00256. The van der Waals surface area contributed by atoms with Gasteiger partial charge in [-0.1, -0.05) is 23.2 Å². The molecule has 0 aliphatic carbocycles. The van der Waals surface area contributed by atoms with Gasteiger partial charge in [-0.05, 0) is 42.5 Å². The van der Waals surface area contributed by atoms with Crippen LogP contribution >= 0.6 is 23.2 Å². The van der Waals surface area contributed by atoms with Crippen LogP contribution in [0.15, 0.2) is 42.5 Å². The van der Waals surface area contributed by atoms with Crippen LogP contribution in [-0.4, -0.2) is 12.9 Å². The van der Waals surface area contributed by atoms with Crippen LogP contribution in [0.5, 0.6) is 5.75 Å². The lowest BCUT2D eigenvalue weighted by molar-refractivity contribution is 0.0992. The van der Waals surface area contributed by atoms with E-state index in [9.17, 15) is 4.79 Å². The van der Waals surface area contributed by atoms with Crippen LogP contribution in [-0.2, 0) is 6.42 Å². The molecule has 0 atom stereocenters. The number of halogens is 2. The van der Waals surface area contributed by atoms with Crippen LogP contribution in [0.4, 0.5) is 0 Å². The van der Waals surface area contributed by atoms with Crippen molar-refractivity contribution in [3.05, 3.63) is 63.6 Å². The van der Waals surface area contributed by atoms with Gasteiger partial charge in [0, 0.05) is 27.6 Å². The van der Waals surface area contributed by atoms with Crippen LogP contribution in [0.3, 0.4) is 0 Å². The van der Waals surface area contributed by atoms with Crippen molar-refractivity contribution >= 4 is 29.0 Å². The van der Waals surface area contributed by atoms with Crippen molar-refractivity contribution in [1.29, 1.82) is 0 Å². The summed E-state index contributed by atoms with van der Waals surface area (Å²) in [6, 6.07) is 12.1. The number of carbonyl (C=O) groups is 1. The minimum Gasteiger partial charge on any atom is -0.496 e. The molecular weight excluding hydrogens is 283 g/mol. The number of Topliss-reactive ketones (excluding diaryl/α,β-unsaturated/α-hetero) is 1. The fourth-order valence-electron chi connectivity index (χ4n) is 1.80. The second kappa shape index (κ2) is 6.09. The van der Waals surface area contributed by atoms with E-state index in [2.05, 4.69) is 0 Å². The highest BCUT2D eigenvalue weighted by Crippen LogP contribution is 2.24. The fraction of sp³-hybridized carbons (Fsp3) is 0.133. The molecule has 0 aromatic heterocycles. The number of ketones is 1. The Morgan fingerprint density at radius 3 is 2.32 bits per heavy atom. The van der Waals surface area contributed by atoms with Crippen molar-refractivity contribution in [2.75, 3.05) is 7.11 Å². The highest BCUT2D eigenvalue weighted by molar-refractivity contribution is 6.31. The Kier molecular flexibility index (Phi) is 4.46. The van der Waals surface area contributed by atoms with E-state index in [1.54, 1.807) is 49.6 Å². The lowest BCUT2D eigenvalue weighted by atomic mass is 10.0. The van der Waals surface area contributed by atoms with E-state index in [1.807, 2.05) is 0 Å². The maximum absolute atomic E-state index is 12.2. The standard InChI is InChI=1S/C15H12Cl2O2/c1-19-15-7-6-13(17)8-11(15)9-14(18)10-2-4-12(16)5-3-10/h2-8H,9H2,1H3. The Morgan fingerprint density at radius 1 is 1.05 bits per heavy atom. The fourth-order valence-corrected chi connectivity index (χ4v) is 2.12. The highest BCUT2D eigenvalue weighted by Gasteiger charge is 2.11. The van der Waals surface area contributed by atoms with E-state index in [0.717, 1.165) is 5.56 Å². The number of carbonyl (C=O) groups excluding carboxylic acids is 1. The molecule has 4 heteroatoms. The quantitative estimate of drug-likeness (QED) is 0.780. The van der Waals surface area contributed by atoms with Crippen LogP contribution in [0.2, 0.25) is 10.0 Å². The molecule has 0 heterocycles. The average Bonchev–Trinajstić information content (AvgIpc) is 2.39. The third-order valence-electron chi connectivity index (χ3n) is 2.76. The first-order valence-corrected chi connectivity index (χ1v) is 6.47. The van der Waals surface area contributed by atoms with Gasteiger partial charge in [0.15, 0.2) is 5.78 Å². The van der Waals surface area contributed by atoms with E-state index >= 15 is 0 Å². The van der Waals surface area contributed by atoms with Gasteiger partial charge in [-0.25, -0.2) is 0 Å². The summed E-state index contributed by atoms with van der Waals surface area (Å²) in [6.45, 7) is 0. The molecule has 0 spiro atoms. The largest absolute Gasteiger partial charge is 0.496 e. The molecule has 0 N–H and O–H groups in total. The molecule has 0 radical (unpaired) electrons. The molecule has 98 valence electrons. The lowest BCUT2D eigenvalue weighted by Gasteiger charge is -2.08. The Balaban J connectivity index is 2.23. The molecule has 2 aromatic carbocycles. The summed E-state index contributed by atoms with van der Waals surface area (Å²) in [5.41, 5.74) is 1.39. The molecule has 0 bridgehead atoms. The number of rotatable bonds is 4. The molecule has 19 heavy (non-hydrogen) atoms. The summed E-state index contributed by atoms with van der Waals surface area (Å²) in [5, 5.41) is 1.19. The molecule has 0 aliphatic rings. The lowest BCUT2D eigenvalue weighted by Crippen LogP contribution is -2.04. The molecule has 0 unspecified atom stereocenters. The van der Waals surface area contributed by atoms with Crippen molar-refractivity contribution < 1.29 is 9.53 Å². The van der Waals surface area contributed by atoms with Crippen LogP contribution < -0.4 is 4.74 Å². The van der Waals surface area contributed by atoms with Crippen molar-refractivity contribution in [2.24, 2.45) is 0 Å². The maximum atomic E-state index is 12.2. The molecule has 2 rings (SSSR count). The zero-order valence-corrected chi connectivity index (χ0v) is 11.8. The Labute approximate surface area is 121 Å². The molecule has 0 saturated carbocycles. The minimum absolute atomic E-state index is 0.00256. The van der Waals surface area contributed by atoms with E-state index in [0.29, 0.717) is 21.4 Å². The van der Waals surface area contributed by atoms with Gasteiger partial charge >= 0.3 is 0 Å². The van der Waals surface area contributed by atoms with Gasteiger partial charge in [-0.2, -0.15) is 0 Å².